The van der Waals surface area contributed by atoms with Gasteiger partial charge in [-0.25, -0.2) is 4.68 Å². The van der Waals surface area contributed by atoms with Crippen LogP contribution < -0.4 is 5.32 Å². The monoisotopic (exact) mass is 319 g/mol. The average Bonchev–Trinajstić information content (AvgIpc) is 3.16. The molecule has 1 aromatic heterocycles. The van der Waals surface area contributed by atoms with E-state index in [2.05, 4.69) is 33.0 Å². The van der Waals surface area contributed by atoms with Gasteiger partial charge in [0.25, 0.3) is 0 Å². The van der Waals surface area contributed by atoms with E-state index in [1.165, 1.54) is 11.9 Å². The molecule has 120 valence electrons. The second kappa shape index (κ2) is 6.23. The molecule has 0 bridgehead atoms. The molecule has 0 saturated carbocycles. The van der Waals surface area contributed by atoms with Crippen LogP contribution in [0.3, 0.4) is 0 Å². The lowest BCUT2D eigenvalue weighted by Crippen LogP contribution is -2.24. The Kier molecular flexibility index (Phi) is 3.78. The van der Waals surface area contributed by atoms with Crippen LogP contribution in [0.1, 0.15) is 29.9 Å². The van der Waals surface area contributed by atoms with Crippen molar-refractivity contribution < 1.29 is 4.79 Å². The van der Waals surface area contributed by atoms with E-state index >= 15 is 0 Å². The van der Waals surface area contributed by atoms with E-state index in [0.717, 1.165) is 36.2 Å². The van der Waals surface area contributed by atoms with Crippen LogP contribution in [0.2, 0.25) is 0 Å². The molecule has 1 amide bonds. The molecule has 0 aliphatic heterocycles. The first-order valence-electron chi connectivity index (χ1n) is 8.03. The number of carbonyl (C=O) groups is 1. The molecule has 1 aliphatic carbocycles. The molecule has 24 heavy (non-hydrogen) atoms. The first-order chi connectivity index (χ1) is 11.8. The van der Waals surface area contributed by atoms with Crippen molar-refractivity contribution in [2.45, 2.75) is 25.2 Å². The predicted octanol–water partition coefficient (Wildman–Crippen LogP) is 2.72. The van der Waals surface area contributed by atoms with E-state index < -0.39 is 0 Å². The van der Waals surface area contributed by atoms with Crippen molar-refractivity contribution in [3.8, 4) is 5.69 Å². The second-order valence-electron chi connectivity index (χ2n) is 5.93. The van der Waals surface area contributed by atoms with E-state index in [0.29, 0.717) is 0 Å². The number of hydrogen-bond acceptors (Lipinski definition) is 4. The number of aryl methyl sites for hydroxylation is 1. The van der Waals surface area contributed by atoms with Crippen LogP contribution in [-0.2, 0) is 11.2 Å². The lowest BCUT2D eigenvalue weighted by Gasteiger charge is -2.24. The van der Waals surface area contributed by atoms with Crippen LogP contribution in [-0.4, -0.2) is 26.1 Å². The van der Waals surface area contributed by atoms with Gasteiger partial charge in [-0.05, 0) is 65.1 Å². The maximum Gasteiger partial charge on any atom is 0.231 e. The number of hydrogen-bond donors (Lipinski definition) is 1. The van der Waals surface area contributed by atoms with Gasteiger partial charge in [-0.1, -0.05) is 24.3 Å². The Hall–Kier alpha value is -3.02. The predicted molar refractivity (Wildman–Crippen MR) is 89.9 cm³/mol. The van der Waals surface area contributed by atoms with Crippen LogP contribution in [0, 0.1) is 0 Å². The Labute approximate surface area is 139 Å². The standard InChI is InChI=1S/C18H17N5O/c24-18(17-7-3-5-13-4-1-2-6-16(13)17)20-14-8-10-15(11-9-14)23-12-19-21-22-23/h1-2,4,6,8-12,17H,3,5,7H2,(H,20,24). The first-order valence-corrected chi connectivity index (χ1v) is 8.03. The highest BCUT2D eigenvalue weighted by Crippen LogP contribution is 2.32. The van der Waals surface area contributed by atoms with Crippen LogP contribution in [0.4, 0.5) is 5.69 Å². The SMILES string of the molecule is O=C(Nc1ccc(-n2cnnn2)cc1)C1CCCc2ccccc21. The van der Waals surface area contributed by atoms with Gasteiger partial charge in [-0.2, -0.15) is 0 Å². The van der Waals surface area contributed by atoms with Crippen LogP contribution in [0.15, 0.2) is 54.9 Å². The van der Waals surface area contributed by atoms with Crippen molar-refractivity contribution in [2.24, 2.45) is 0 Å². The molecule has 3 aromatic rings. The summed E-state index contributed by atoms with van der Waals surface area (Å²) >= 11 is 0. The zero-order chi connectivity index (χ0) is 16.4. The summed E-state index contributed by atoms with van der Waals surface area (Å²) in [5.74, 6) is -0.0218. The summed E-state index contributed by atoms with van der Waals surface area (Å²) in [4.78, 5) is 12.7. The minimum Gasteiger partial charge on any atom is -0.326 e. The minimum absolute atomic E-state index is 0.0531. The highest BCUT2D eigenvalue weighted by atomic mass is 16.1. The third kappa shape index (κ3) is 2.78. The third-order valence-corrected chi connectivity index (χ3v) is 4.43. The van der Waals surface area contributed by atoms with Gasteiger partial charge in [0.05, 0.1) is 11.6 Å². The minimum atomic E-state index is -0.0749. The average molecular weight is 319 g/mol. The van der Waals surface area contributed by atoms with E-state index in [1.807, 2.05) is 36.4 Å². The highest BCUT2D eigenvalue weighted by Gasteiger charge is 2.26. The highest BCUT2D eigenvalue weighted by molar-refractivity contribution is 5.96. The maximum absolute atomic E-state index is 12.7. The zero-order valence-corrected chi connectivity index (χ0v) is 13.1. The fraction of sp³-hybridized carbons (Fsp3) is 0.222. The fourth-order valence-electron chi connectivity index (χ4n) is 3.23. The number of fused-ring (bicyclic) bond motifs is 1. The van der Waals surface area contributed by atoms with E-state index in [-0.39, 0.29) is 11.8 Å². The number of nitrogens with one attached hydrogen (secondary N) is 1. The van der Waals surface area contributed by atoms with Gasteiger partial charge in [0.1, 0.15) is 6.33 Å². The Bertz CT molecular complexity index is 842. The second-order valence-corrected chi connectivity index (χ2v) is 5.93. The fourth-order valence-corrected chi connectivity index (χ4v) is 3.23. The summed E-state index contributed by atoms with van der Waals surface area (Å²) in [6, 6.07) is 15.7. The Morgan fingerprint density at radius 1 is 1.12 bits per heavy atom. The van der Waals surface area contributed by atoms with Crippen molar-refractivity contribution >= 4 is 11.6 Å². The van der Waals surface area contributed by atoms with Gasteiger partial charge in [0, 0.05) is 5.69 Å². The number of benzene rings is 2. The molecule has 0 fully saturated rings. The topological polar surface area (TPSA) is 72.7 Å². The zero-order valence-electron chi connectivity index (χ0n) is 13.1. The van der Waals surface area contributed by atoms with Crippen molar-refractivity contribution in [2.75, 3.05) is 5.32 Å². The molecule has 6 nitrogen and oxygen atoms in total. The molecular weight excluding hydrogens is 302 g/mol. The quantitative estimate of drug-likeness (QED) is 0.805. The Morgan fingerprint density at radius 3 is 2.75 bits per heavy atom. The number of anilines is 1. The molecule has 6 heteroatoms. The molecule has 4 rings (SSSR count). The molecule has 1 aliphatic rings. The van der Waals surface area contributed by atoms with Gasteiger partial charge in [0.2, 0.25) is 5.91 Å². The number of amides is 1. The number of nitrogens with zero attached hydrogens (tertiary/aromatic N) is 4. The van der Waals surface area contributed by atoms with Gasteiger partial charge in [-0.15, -0.1) is 5.10 Å². The molecule has 1 heterocycles. The summed E-state index contributed by atoms with van der Waals surface area (Å²) in [7, 11) is 0. The largest absolute Gasteiger partial charge is 0.326 e. The molecule has 0 spiro atoms. The summed E-state index contributed by atoms with van der Waals surface area (Å²) in [6.07, 6.45) is 4.53. The lowest BCUT2D eigenvalue weighted by atomic mass is 9.82. The molecule has 1 N–H and O–H groups in total. The van der Waals surface area contributed by atoms with E-state index in [1.54, 1.807) is 4.68 Å². The van der Waals surface area contributed by atoms with Crippen molar-refractivity contribution in [1.82, 2.24) is 20.2 Å². The van der Waals surface area contributed by atoms with E-state index in [9.17, 15) is 4.79 Å². The molecule has 2 aromatic carbocycles. The van der Waals surface area contributed by atoms with Crippen LogP contribution in [0.25, 0.3) is 5.69 Å². The van der Waals surface area contributed by atoms with Crippen LogP contribution in [0.5, 0.6) is 0 Å². The lowest BCUT2D eigenvalue weighted by molar-refractivity contribution is -0.117. The molecular formula is C18H17N5O. The van der Waals surface area contributed by atoms with Gasteiger partial charge < -0.3 is 5.32 Å². The normalized spacial score (nSPS) is 16.4. The Morgan fingerprint density at radius 2 is 1.96 bits per heavy atom. The maximum atomic E-state index is 12.7. The molecule has 0 saturated heterocycles. The van der Waals surface area contributed by atoms with Crippen molar-refractivity contribution in [3.63, 3.8) is 0 Å². The molecule has 1 atom stereocenters. The summed E-state index contributed by atoms with van der Waals surface area (Å²) in [5, 5.41) is 14.1. The van der Waals surface area contributed by atoms with Gasteiger partial charge >= 0.3 is 0 Å². The van der Waals surface area contributed by atoms with Crippen molar-refractivity contribution in [1.29, 1.82) is 0 Å². The number of aromatic nitrogens is 4. The summed E-state index contributed by atoms with van der Waals surface area (Å²) in [6.45, 7) is 0. The summed E-state index contributed by atoms with van der Waals surface area (Å²) < 4.78 is 1.57. The van der Waals surface area contributed by atoms with Crippen molar-refractivity contribution in [3.05, 3.63) is 66.0 Å². The van der Waals surface area contributed by atoms with E-state index in [4.69, 9.17) is 0 Å². The Balaban J connectivity index is 1.51. The molecule has 1 unspecified atom stereocenters. The van der Waals surface area contributed by atoms with Gasteiger partial charge in [0.15, 0.2) is 0 Å². The third-order valence-electron chi connectivity index (χ3n) is 4.43. The number of rotatable bonds is 3. The number of carbonyl (C=O) groups excluding carboxylic acids is 1. The number of tetrazole rings is 1. The smallest absolute Gasteiger partial charge is 0.231 e. The van der Waals surface area contributed by atoms with Crippen LogP contribution >= 0.6 is 0 Å². The molecule has 0 radical (unpaired) electrons. The first kappa shape index (κ1) is 14.6. The summed E-state index contributed by atoms with van der Waals surface area (Å²) in [5.41, 5.74) is 4.07. The van der Waals surface area contributed by atoms with Gasteiger partial charge in [-0.3, -0.25) is 4.79 Å².